The molecule has 0 saturated carbocycles. The standard InChI is InChI=1S/C11H13BrINO2S/c1-7(6-17(2)16)14-11(15)9-5-8(13)3-4-10(9)12/h3-5,7H,6H2,1-2H3,(H,14,15). The molecule has 0 bridgehead atoms. The number of halogens is 2. The molecule has 0 spiro atoms. The average Bonchev–Trinajstić information content (AvgIpc) is 2.20. The average molecular weight is 430 g/mol. The van der Waals surface area contributed by atoms with Crippen LogP contribution in [0, 0.1) is 3.57 Å². The molecule has 0 aliphatic rings. The lowest BCUT2D eigenvalue weighted by Crippen LogP contribution is -2.36. The molecule has 1 rings (SSSR count). The maximum atomic E-state index is 12.0. The second-order valence-electron chi connectivity index (χ2n) is 3.74. The van der Waals surface area contributed by atoms with Crippen molar-refractivity contribution in [3.05, 3.63) is 31.8 Å². The van der Waals surface area contributed by atoms with Gasteiger partial charge < -0.3 is 5.32 Å². The van der Waals surface area contributed by atoms with Crippen LogP contribution < -0.4 is 5.32 Å². The summed E-state index contributed by atoms with van der Waals surface area (Å²) in [5.74, 6) is 0.321. The summed E-state index contributed by atoms with van der Waals surface area (Å²) in [6.45, 7) is 1.85. The van der Waals surface area contributed by atoms with Gasteiger partial charge in [0.15, 0.2) is 0 Å². The van der Waals surface area contributed by atoms with Crippen molar-refractivity contribution in [1.29, 1.82) is 0 Å². The highest BCUT2D eigenvalue weighted by molar-refractivity contribution is 14.1. The van der Waals surface area contributed by atoms with Gasteiger partial charge in [0.05, 0.1) is 5.56 Å². The number of carbonyl (C=O) groups excluding carboxylic acids is 1. The Hall–Kier alpha value is 0.0500. The monoisotopic (exact) mass is 429 g/mol. The topological polar surface area (TPSA) is 46.2 Å². The summed E-state index contributed by atoms with van der Waals surface area (Å²) in [5.41, 5.74) is 0.602. The molecule has 6 heteroatoms. The summed E-state index contributed by atoms with van der Waals surface area (Å²) in [6, 6.07) is 5.49. The molecule has 1 aromatic rings. The molecule has 2 atom stereocenters. The Labute approximate surface area is 125 Å². The van der Waals surface area contributed by atoms with E-state index in [1.807, 2.05) is 25.1 Å². The lowest BCUT2D eigenvalue weighted by Gasteiger charge is -2.13. The van der Waals surface area contributed by atoms with E-state index in [4.69, 9.17) is 0 Å². The van der Waals surface area contributed by atoms with Crippen LogP contribution in [0.3, 0.4) is 0 Å². The third kappa shape index (κ3) is 5.05. The maximum Gasteiger partial charge on any atom is 0.252 e. The molecule has 0 heterocycles. The zero-order chi connectivity index (χ0) is 13.0. The number of nitrogens with one attached hydrogen (secondary N) is 1. The van der Waals surface area contributed by atoms with Crippen LogP contribution in [0.5, 0.6) is 0 Å². The van der Waals surface area contributed by atoms with E-state index >= 15 is 0 Å². The largest absolute Gasteiger partial charge is 0.349 e. The van der Waals surface area contributed by atoms with Gasteiger partial charge in [-0.1, -0.05) is 0 Å². The molecule has 0 fully saturated rings. The van der Waals surface area contributed by atoms with Crippen molar-refractivity contribution in [3.63, 3.8) is 0 Å². The molecule has 94 valence electrons. The molecule has 1 N–H and O–H groups in total. The Morgan fingerprint density at radius 2 is 2.24 bits per heavy atom. The second kappa shape index (κ2) is 6.84. The van der Waals surface area contributed by atoms with Crippen molar-refractivity contribution < 1.29 is 9.00 Å². The van der Waals surface area contributed by atoms with E-state index in [1.165, 1.54) is 0 Å². The van der Waals surface area contributed by atoms with Crippen LogP contribution in [0.2, 0.25) is 0 Å². The molecule has 2 unspecified atom stereocenters. The number of hydrogen-bond acceptors (Lipinski definition) is 2. The smallest absolute Gasteiger partial charge is 0.252 e. The Bertz CT molecular complexity index is 453. The van der Waals surface area contributed by atoms with Crippen molar-refractivity contribution in [1.82, 2.24) is 5.32 Å². The highest BCUT2D eigenvalue weighted by atomic mass is 127. The van der Waals surface area contributed by atoms with Crippen LogP contribution in [-0.2, 0) is 10.8 Å². The summed E-state index contributed by atoms with van der Waals surface area (Å²) < 4.78 is 12.8. The van der Waals surface area contributed by atoms with Crippen molar-refractivity contribution in [2.45, 2.75) is 13.0 Å². The minimum Gasteiger partial charge on any atom is -0.349 e. The maximum absolute atomic E-state index is 12.0. The Morgan fingerprint density at radius 1 is 1.59 bits per heavy atom. The van der Waals surface area contributed by atoms with E-state index in [-0.39, 0.29) is 11.9 Å². The predicted molar refractivity (Wildman–Crippen MR) is 82.7 cm³/mol. The van der Waals surface area contributed by atoms with E-state index in [2.05, 4.69) is 43.8 Å². The van der Waals surface area contributed by atoms with Crippen LogP contribution in [0.4, 0.5) is 0 Å². The van der Waals surface area contributed by atoms with Crippen LogP contribution in [0.15, 0.2) is 22.7 Å². The number of carbonyl (C=O) groups is 1. The lowest BCUT2D eigenvalue weighted by atomic mass is 10.2. The fraction of sp³-hybridized carbons (Fsp3) is 0.364. The van der Waals surface area contributed by atoms with Crippen molar-refractivity contribution >= 4 is 55.2 Å². The van der Waals surface area contributed by atoms with Gasteiger partial charge in [0.2, 0.25) is 0 Å². The van der Waals surface area contributed by atoms with Gasteiger partial charge in [-0.25, -0.2) is 0 Å². The summed E-state index contributed by atoms with van der Waals surface area (Å²) in [6.07, 6.45) is 1.63. The van der Waals surface area contributed by atoms with Gasteiger partial charge in [-0.3, -0.25) is 9.00 Å². The van der Waals surface area contributed by atoms with Gasteiger partial charge in [0.1, 0.15) is 0 Å². The molecule has 1 aromatic carbocycles. The molecule has 1 amide bonds. The zero-order valence-corrected chi connectivity index (χ0v) is 14.1. The summed E-state index contributed by atoms with van der Waals surface area (Å²) in [7, 11) is -0.906. The molecule has 0 aromatic heterocycles. The van der Waals surface area contributed by atoms with E-state index in [0.717, 1.165) is 8.04 Å². The Kier molecular flexibility index (Phi) is 6.08. The fourth-order valence-corrected chi connectivity index (χ4v) is 3.07. The third-order valence-corrected chi connectivity index (χ3v) is 4.37. The van der Waals surface area contributed by atoms with Crippen LogP contribution in [0.25, 0.3) is 0 Å². The Balaban J connectivity index is 2.76. The van der Waals surface area contributed by atoms with Gasteiger partial charge in [0.25, 0.3) is 5.91 Å². The van der Waals surface area contributed by atoms with Crippen LogP contribution >= 0.6 is 38.5 Å². The first-order valence-electron chi connectivity index (χ1n) is 4.96. The molecule has 0 saturated heterocycles. The van der Waals surface area contributed by atoms with Gasteiger partial charge in [-0.2, -0.15) is 0 Å². The number of amides is 1. The normalized spacial score (nSPS) is 14.1. The summed E-state index contributed by atoms with van der Waals surface area (Å²) >= 11 is 5.51. The van der Waals surface area contributed by atoms with Crippen molar-refractivity contribution in [2.75, 3.05) is 12.0 Å². The van der Waals surface area contributed by atoms with E-state index in [1.54, 1.807) is 6.26 Å². The molecular formula is C11H13BrINO2S. The molecule has 0 radical (unpaired) electrons. The number of benzene rings is 1. The second-order valence-corrected chi connectivity index (χ2v) is 7.32. The molecule has 0 aliphatic carbocycles. The van der Waals surface area contributed by atoms with Crippen LogP contribution in [-0.4, -0.2) is 28.2 Å². The van der Waals surface area contributed by atoms with Gasteiger partial charge in [0, 0.05) is 36.9 Å². The molecule has 17 heavy (non-hydrogen) atoms. The van der Waals surface area contributed by atoms with Gasteiger partial charge >= 0.3 is 0 Å². The highest BCUT2D eigenvalue weighted by Crippen LogP contribution is 2.19. The summed E-state index contributed by atoms with van der Waals surface area (Å²) in [5, 5.41) is 2.83. The molecule has 0 aliphatic heterocycles. The van der Waals surface area contributed by atoms with E-state index < -0.39 is 10.8 Å². The first-order chi connectivity index (χ1) is 7.90. The predicted octanol–water partition coefficient (Wildman–Crippen LogP) is 2.55. The zero-order valence-electron chi connectivity index (χ0n) is 9.50. The van der Waals surface area contributed by atoms with Gasteiger partial charge in [-0.15, -0.1) is 0 Å². The third-order valence-electron chi connectivity index (χ3n) is 2.04. The number of hydrogen-bond donors (Lipinski definition) is 1. The Morgan fingerprint density at radius 3 is 2.82 bits per heavy atom. The minimum atomic E-state index is -0.906. The number of rotatable bonds is 4. The quantitative estimate of drug-likeness (QED) is 0.747. The highest BCUT2D eigenvalue weighted by Gasteiger charge is 2.13. The first-order valence-corrected chi connectivity index (χ1v) is 8.56. The van der Waals surface area contributed by atoms with Crippen molar-refractivity contribution in [2.24, 2.45) is 0 Å². The fourth-order valence-electron chi connectivity index (χ4n) is 1.37. The molecule has 3 nitrogen and oxygen atoms in total. The van der Waals surface area contributed by atoms with Gasteiger partial charge in [-0.05, 0) is 63.6 Å². The lowest BCUT2D eigenvalue weighted by molar-refractivity contribution is 0.0943. The van der Waals surface area contributed by atoms with Crippen LogP contribution in [0.1, 0.15) is 17.3 Å². The van der Waals surface area contributed by atoms with Crippen molar-refractivity contribution in [3.8, 4) is 0 Å². The van der Waals surface area contributed by atoms with E-state index in [9.17, 15) is 9.00 Å². The molecular weight excluding hydrogens is 417 g/mol. The summed E-state index contributed by atoms with van der Waals surface area (Å²) in [4.78, 5) is 12.0. The SMILES string of the molecule is CC(CS(C)=O)NC(=O)c1cc(I)ccc1Br. The first kappa shape index (κ1) is 15.1. The minimum absolute atomic E-state index is 0.0990. The van der Waals surface area contributed by atoms with E-state index in [0.29, 0.717) is 11.3 Å².